The van der Waals surface area contributed by atoms with Crippen molar-refractivity contribution >= 4 is 11.3 Å². The molecule has 1 aromatic rings. The van der Waals surface area contributed by atoms with Gasteiger partial charge in [0.25, 0.3) is 0 Å². The second-order valence-corrected chi connectivity index (χ2v) is 7.20. The smallest absolute Gasteiger partial charge is 0.0965 e. The molecule has 1 saturated carbocycles. The van der Waals surface area contributed by atoms with E-state index in [0.29, 0.717) is 11.5 Å². The largest absolute Gasteiger partial charge is 0.309 e. The molecule has 1 atom stereocenters. The van der Waals surface area contributed by atoms with Gasteiger partial charge in [-0.2, -0.15) is 0 Å². The average Bonchev–Trinajstić information content (AvgIpc) is 2.93. The van der Waals surface area contributed by atoms with Crippen LogP contribution in [0.2, 0.25) is 0 Å². The summed E-state index contributed by atoms with van der Waals surface area (Å²) in [6.45, 7) is 7.07. The molecule has 2 fully saturated rings. The Kier molecular flexibility index (Phi) is 4.20. The van der Waals surface area contributed by atoms with Crippen molar-refractivity contribution in [3.8, 4) is 0 Å². The molecule has 0 bridgehead atoms. The van der Waals surface area contributed by atoms with Gasteiger partial charge in [0.15, 0.2) is 0 Å². The Bertz CT molecular complexity index is 379. The van der Waals surface area contributed by atoms with E-state index in [-0.39, 0.29) is 0 Å². The highest BCUT2D eigenvalue weighted by Crippen LogP contribution is 2.31. The van der Waals surface area contributed by atoms with Crippen LogP contribution in [0.4, 0.5) is 0 Å². The fourth-order valence-electron chi connectivity index (χ4n) is 3.70. The van der Waals surface area contributed by atoms with Gasteiger partial charge in [0.1, 0.15) is 0 Å². The van der Waals surface area contributed by atoms with Crippen molar-refractivity contribution < 1.29 is 0 Å². The second-order valence-electron chi connectivity index (χ2n) is 6.27. The number of piperazine rings is 1. The molecule has 1 N–H and O–H groups in total. The Labute approximate surface area is 120 Å². The molecule has 3 rings (SSSR count). The SMILES string of the molecule is CC(CN1CCNC2(CCCCC2)C1)c1nccs1. The Morgan fingerprint density at radius 1 is 1.42 bits per heavy atom. The first kappa shape index (κ1) is 13.5. The van der Waals surface area contributed by atoms with Gasteiger partial charge in [-0.1, -0.05) is 26.2 Å². The quantitative estimate of drug-likeness (QED) is 0.922. The number of hydrogen-bond donors (Lipinski definition) is 1. The van der Waals surface area contributed by atoms with Gasteiger partial charge in [-0.15, -0.1) is 11.3 Å². The van der Waals surface area contributed by atoms with Crippen LogP contribution in [-0.4, -0.2) is 41.6 Å². The molecule has 106 valence electrons. The number of nitrogens with one attached hydrogen (secondary N) is 1. The summed E-state index contributed by atoms with van der Waals surface area (Å²) in [4.78, 5) is 7.12. The number of thiazole rings is 1. The van der Waals surface area contributed by atoms with E-state index >= 15 is 0 Å². The molecule has 4 heteroatoms. The van der Waals surface area contributed by atoms with Crippen molar-refractivity contribution in [3.63, 3.8) is 0 Å². The first-order valence-electron chi connectivity index (χ1n) is 7.64. The fourth-order valence-corrected chi connectivity index (χ4v) is 4.39. The van der Waals surface area contributed by atoms with Crippen molar-refractivity contribution in [2.45, 2.75) is 50.5 Å². The third-order valence-corrected chi connectivity index (χ3v) is 5.68. The highest BCUT2D eigenvalue weighted by Gasteiger charge is 2.36. The zero-order valence-electron chi connectivity index (χ0n) is 11.9. The van der Waals surface area contributed by atoms with Gasteiger partial charge >= 0.3 is 0 Å². The molecule has 1 saturated heterocycles. The maximum atomic E-state index is 4.46. The maximum absolute atomic E-state index is 4.46. The predicted octanol–water partition coefficient (Wildman–Crippen LogP) is 2.85. The lowest BCUT2D eigenvalue weighted by Crippen LogP contribution is -2.61. The van der Waals surface area contributed by atoms with Crippen LogP contribution in [0.3, 0.4) is 0 Å². The number of nitrogens with zero attached hydrogens (tertiary/aromatic N) is 2. The lowest BCUT2D eigenvalue weighted by atomic mass is 9.80. The lowest BCUT2D eigenvalue weighted by molar-refractivity contribution is 0.0958. The minimum absolute atomic E-state index is 0.430. The molecular weight excluding hydrogens is 254 g/mol. The highest BCUT2D eigenvalue weighted by molar-refractivity contribution is 7.09. The lowest BCUT2D eigenvalue weighted by Gasteiger charge is -2.46. The Hall–Kier alpha value is -0.450. The van der Waals surface area contributed by atoms with E-state index in [1.54, 1.807) is 11.3 Å². The van der Waals surface area contributed by atoms with Crippen LogP contribution in [-0.2, 0) is 0 Å². The van der Waals surface area contributed by atoms with E-state index in [4.69, 9.17) is 0 Å². The van der Waals surface area contributed by atoms with Crippen molar-refractivity contribution in [3.05, 3.63) is 16.6 Å². The number of rotatable bonds is 3. The standard InChI is InChI=1S/C15H25N3S/c1-13(14-16-8-10-19-14)11-18-9-7-17-15(12-18)5-3-2-4-6-15/h8,10,13,17H,2-7,9,11-12H2,1H3. The molecule has 0 radical (unpaired) electrons. The van der Waals surface area contributed by atoms with Crippen LogP contribution in [0.15, 0.2) is 11.6 Å². The van der Waals surface area contributed by atoms with E-state index in [2.05, 4.69) is 27.5 Å². The molecule has 1 aliphatic carbocycles. The molecule has 0 amide bonds. The molecule has 1 aromatic heterocycles. The van der Waals surface area contributed by atoms with E-state index in [1.807, 2.05) is 6.20 Å². The summed E-state index contributed by atoms with van der Waals surface area (Å²) in [5.74, 6) is 0.568. The summed E-state index contributed by atoms with van der Waals surface area (Å²) in [6, 6.07) is 0. The second kappa shape index (κ2) is 5.90. The van der Waals surface area contributed by atoms with Crippen LogP contribution in [0.1, 0.15) is 50.0 Å². The highest BCUT2D eigenvalue weighted by atomic mass is 32.1. The number of hydrogen-bond acceptors (Lipinski definition) is 4. The minimum atomic E-state index is 0.430. The third kappa shape index (κ3) is 3.18. The van der Waals surface area contributed by atoms with Gasteiger partial charge in [0, 0.05) is 49.2 Å². The monoisotopic (exact) mass is 279 g/mol. The van der Waals surface area contributed by atoms with Gasteiger partial charge < -0.3 is 5.32 Å². The summed E-state index contributed by atoms with van der Waals surface area (Å²) in [5.41, 5.74) is 0.430. The van der Waals surface area contributed by atoms with Crippen LogP contribution >= 0.6 is 11.3 Å². The van der Waals surface area contributed by atoms with Gasteiger partial charge in [0.2, 0.25) is 0 Å². The summed E-state index contributed by atoms with van der Waals surface area (Å²) >= 11 is 1.79. The summed E-state index contributed by atoms with van der Waals surface area (Å²) in [5, 5.41) is 7.20. The molecule has 2 aliphatic rings. The molecule has 1 unspecified atom stereocenters. The first-order valence-corrected chi connectivity index (χ1v) is 8.52. The molecular formula is C15H25N3S. The molecule has 19 heavy (non-hydrogen) atoms. The maximum Gasteiger partial charge on any atom is 0.0965 e. The van der Waals surface area contributed by atoms with Crippen LogP contribution in [0, 0.1) is 0 Å². The van der Waals surface area contributed by atoms with Crippen LogP contribution < -0.4 is 5.32 Å². The van der Waals surface area contributed by atoms with Gasteiger partial charge in [-0.25, -0.2) is 4.98 Å². The molecule has 0 aromatic carbocycles. The van der Waals surface area contributed by atoms with E-state index < -0.39 is 0 Å². The van der Waals surface area contributed by atoms with Crippen molar-refractivity contribution in [2.24, 2.45) is 0 Å². The first-order chi connectivity index (χ1) is 9.27. The third-order valence-electron chi connectivity index (χ3n) is 4.67. The molecule has 3 nitrogen and oxygen atoms in total. The Morgan fingerprint density at radius 2 is 2.26 bits per heavy atom. The number of aromatic nitrogens is 1. The van der Waals surface area contributed by atoms with Crippen molar-refractivity contribution in [2.75, 3.05) is 26.2 Å². The summed E-state index contributed by atoms with van der Waals surface area (Å²) in [6.07, 6.45) is 8.91. The summed E-state index contributed by atoms with van der Waals surface area (Å²) in [7, 11) is 0. The normalized spacial score (nSPS) is 25.5. The summed E-state index contributed by atoms with van der Waals surface area (Å²) < 4.78 is 0. The Balaban J connectivity index is 1.59. The van der Waals surface area contributed by atoms with Crippen molar-refractivity contribution in [1.29, 1.82) is 0 Å². The fraction of sp³-hybridized carbons (Fsp3) is 0.800. The molecule has 2 heterocycles. The zero-order chi connectivity index (χ0) is 13.1. The topological polar surface area (TPSA) is 28.2 Å². The molecule has 1 spiro atoms. The van der Waals surface area contributed by atoms with Gasteiger partial charge in [0.05, 0.1) is 5.01 Å². The van der Waals surface area contributed by atoms with Gasteiger partial charge in [-0.05, 0) is 12.8 Å². The van der Waals surface area contributed by atoms with Crippen LogP contribution in [0.5, 0.6) is 0 Å². The van der Waals surface area contributed by atoms with E-state index in [1.165, 1.54) is 50.2 Å². The Morgan fingerprint density at radius 3 is 3.00 bits per heavy atom. The van der Waals surface area contributed by atoms with Gasteiger partial charge in [-0.3, -0.25) is 4.90 Å². The molecule has 1 aliphatic heterocycles. The van der Waals surface area contributed by atoms with E-state index in [0.717, 1.165) is 13.1 Å². The van der Waals surface area contributed by atoms with Crippen molar-refractivity contribution in [1.82, 2.24) is 15.2 Å². The zero-order valence-corrected chi connectivity index (χ0v) is 12.7. The minimum Gasteiger partial charge on any atom is -0.309 e. The van der Waals surface area contributed by atoms with E-state index in [9.17, 15) is 0 Å². The van der Waals surface area contributed by atoms with Crippen LogP contribution in [0.25, 0.3) is 0 Å². The average molecular weight is 279 g/mol. The predicted molar refractivity (Wildman–Crippen MR) is 80.8 cm³/mol.